The molecule has 0 spiro atoms. The molecule has 1 aromatic heterocycles. The fourth-order valence-electron chi connectivity index (χ4n) is 7.04. The van der Waals surface area contributed by atoms with E-state index >= 15 is 0 Å². The van der Waals surface area contributed by atoms with E-state index < -0.39 is 55.0 Å². The Kier molecular flexibility index (Phi) is 8.60. The summed E-state index contributed by atoms with van der Waals surface area (Å²) in [6, 6.07) is 25.7. The van der Waals surface area contributed by atoms with Crippen molar-refractivity contribution < 1.29 is 23.6 Å². The number of nitro groups is 1. The van der Waals surface area contributed by atoms with Gasteiger partial charge in [0.25, 0.3) is 19.6 Å². The molecule has 2 aliphatic rings. The third-order valence-electron chi connectivity index (χ3n) is 9.29. The quantitative estimate of drug-likeness (QED) is 0.129. The van der Waals surface area contributed by atoms with E-state index in [1.807, 2.05) is 36.4 Å². The highest BCUT2D eigenvalue weighted by atomic mass is 28.4. The van der Waals surface area contributed by atoms with Crippen molar-refractivity contribution in [2.24, 2.45) is 5.92 Å². The summed E-state index contributed by atoms with van der Waals surface area (Å²) in [4.78, 5) is 51.4. The number of rotatable bonds is 8. The summed E-state index contributed by atoms with van der Waals surface area (Å²) in [7, 11) is -3.03. The van der Waals surface area contributed by atoms with Gasteiger partial charge in [-0.2, -0.15) is 0 Å². The maximum absolute atomic E-state index is 13.4. The average molecular weight is 656 g/mol. The van der Waals surface area contributed by atoms with Crippen LogP contribution in [0.1, 0.15) is 55.8 Å². The van der Waals surface area contributed by atoms with Crippen LogP contribution in [0.5, 0.6) is 0 Å². The van der Waals surface area contributed by atoms with Crippen molar-refractivity contribution in [3.8, 4) is 0 Å². The Labute approximate surface area is 272 Å². The van der Waals surface area contributed by atoms with E-state index in [-0.39, 0.29) is 22.2 Å². The van der Waals surface area contributed by atoms with Crippen molar-refractivity contribution in [1.82, 2.24) is 9.55 Å². The second kappa shape index (κ2) is 12.5. The molecular weight excluding hydrogens is 618 g/mol. The van der Waals surface area contributed by atoms with Crippen molar-refractivity contribution in [1.29, 1.82) is 0 Å². The van der Waals surface area contributed by atoms with Crippen molar-refractivity contribution in [2.45, 2.75) is 70.1 Å². The van der Waals surface area contributed by atoms with Gasteiger partial charge in [-0.05, 0) is 34.5 Å². The summed E-state index contributed by atoms with van der Waals surface area (Å²) in [5, 5.41) is 13.0. The summed E-state index contributed by atoms with van der Waals surface area (Å²) in [6.07, 6.45) is -0.234. The van der Waals surface area contributed by atoms with E-state index in [1.54, 1.807) is 6.92 Å². The summed E-state index contributed by atoms with van der Waals surface area (Å²) in [6.45, 7) is 8.19. The maximum atomic E-state index is 13.4. The van der Waals surface area contributed by atoms with Crippen LogP contribution < -0.4 is 21.6 Å². The minimum absolute atomic E-state index is 0.134. The first-order valence-electron chi connectivity index (χ1n) is 15.6. The Morgan fingerprint density at radius 1 is 0.936 bits per heavy atom. The normalized spacial score (nSPS) is 22.5. The number of hydrogen-bond donors (Lipinski definition) is 1. The number of esters is 1. The van der Waals surface area contributed by atoms with Gasteiger partial charge in [0.15, 0.2) is 0 Å². The number of carbonyl (C=O) groups is 1. The molecule has 1 saturated carbocycles. The molecule has 0 unspecified atom stereocenters. The fraction of sp³-hybridized carbons (Fsp3) is 0.343. The minimum Gasteiger partial charge on any atom is -0.456 e. The van der Waals surface area contributed by atoms with Crippen LogP contribution >= 0.6 is 0 Å². The van der Waals surface area contributed by atoms with Crippen LogP contribution in [-0.4, -0.2) is 47.1 Å². The minimum atomic E-state index is -3.03. The van der Waals surface area contributed by atoms with E-state index in [0.717, 1.165) is 10.4 Å². The van der Waals surface area contributed by atoms with Crippen molar-refractivity contribution >= 4 is 30.3 Å². The molecular formula is C35H37N3O8Si. The molecule has 0 radical (unpaired) electrons. The first-order valence-corrected chi connectivity index (χ1v) is 17.5. The van der Waals surface area contributed by atoms with Gasteiger partial charge in [0.2, 0.25) is 0 Å². The van der Waals surface area contributed by atoms with Gasteiger partial charge in [-0.15, -0.1) is 0 Å². The smallest absolute Gasteiger partial charge is 0.338 e. The Bertz CT molecular complexity index is 1850. The predicted octanol–water partition coefficient (Wildman–Crippen LogP) is 4.23. The number of H-pyrrole nitrogens is 1. The number of aryl methyl sites for hydroxylation is 1. The number of non-ortho nitro benzene ring substituents is 1. The van der Waals surface area contributed by atoms with Crippen LogP contribution in [-0.2, 0) is 13.9 Å². The largest absolute Gasteiger partial charge is 0.456 e. The molecule has 4 aromatic rings. The number of nitrogens with zero attached hydrogens (tertiary/aromatic N) is 2. The molecule has 1 saturated heterocycles. The lowest BCUT2D eigenvalue weighted by Gasteiger charge is -2.45. The first-order chi connectivity index (χ1) is 22.4. The number of fused-ring (bicyclic) bond motifs is 1. The lowest BCUT2D eigenvalue weighted by atomic mass is 10.0. The first kappa shape index (κ1) is 32.3. The molecule has 6 rings (SSSR count). The van der Waals surface area contributed by atoms with E-state index in [4.69, 9.17) is 13.9 Å². The average Bonchev–Trinajstić information content (AvgIpc) is 3.62. The molecule has 244 valence electrons. The molecule has 1 N–H and O–H groups in total. The molecule has 2 heterocycles. The molecule has 1 aliphatic heterocycles. The van der Waals surface area contributed by atoms with Crippen molar-refractivity contribution in [3.63, 3.8) is 0 Å². The van der Waals surface area contributed by atoms with Crippen LogP contribution in [0.4, 0.5) is 5.69 Å². The number of nitro benzene ring substituents is 1. The van der Waals surface area contributed by atoms with Crippen molar-refractivity contribution in [2.75, 3.05) is 0 Å². The molecule has 5 atom stereocenters. The van der Waals surface area contributed by atoms with Gasteiger partial charge in [-0.1, -0.05) is 81.4 Å². The molecule has 47 heavy (non-hydrogen) atoms. The number of carbonyl (C=O) groups excluding carboxylic acids is 1. The van der Waals surface area contributed by atoms with Gasteiger partial charge in [-0.3, -0.25) is 24.5 Å². The topological polar surface area (TPSA) is 143 Å². The van der Waals surface area contributed by atoms with Gasteiger partial charge >= 0.3 is 11.7 Å². The molecule has 11 nitrogen and oxygen atoms in total. The Balaban J connectivity index is 1.40. The highest BCUT2D eigenvalue weighted by Crippen LogP contribution is 2.48. The van der Waals surface area contributed by atoms with Crippen LogP contribution in [0.25, 0.3) is 0 Å². The van der Waals surface area contributed by atoms with Gasteiger partial charge < -0.3 is 13.9 Å². The second-order valence-corrected chi connectivity index (χ2v) is 17.5. The standard InChI is InChI=1S/C35H37N3O8Si/c1-22-21-37(34(41)36-32(22)39)30-19-27-28(20-29(31(27)45-30)44-33(40)23-15-17-24(18-16-23)38(42)43)46-47(35(2,3)4,25-11-7-5-8-12-25)26-13-9-6-10-14-26/h5-18,21,27-31H,19-20H2,1-4H3,(H,36,39,41)/t27-,28+,29+,30-,31-/m0/s1. The summed E-state index contributed by atoms with van der Waals surface area (Å²) < 4.78 is 21.5. The lowest BCUT2D eigenvalue weighted by molar-refractivity contribution is -0.384. The van der Waals surface area contributed by atoms with Crippen LogP contribution in [0.15, 0.2) is 101 Å². The zero-order valence-electron chi connectivity index (χ0n) is 26.6. The number of hydrogen-bond acceptors (Lipinski definition) is 8. The molecule has 0 bridgehead atoms. The van der Waals surface area contributed by atoms with Gasteiger partial charge in [0.05, 0.1) is 16.6 Å². The number of aromatic amines is 1. The SMILES string of the molecule is Cc1cn([C@@H]2C[C@@H]3[C@H](O2)[C@H](OC(=O)c2ccc([N+](=O)[O-])cc2)C[C@H]3O[Si](c2ccccc2)(c2ccccc2)C(C)(C)C)c(=O)[nH]c1=O. The Hall–Kier alpha value is -4.65. The summed E-state index contributed by atoms with van der Waals surface area (Å²) in [5.41, 5.74) is -0.649. The second-order valence-electron chi connectivity index (χ2n) is 13.2. The monoisotopic (exact) mass is 655 g/mol. The summed E-state index contributed by atoms with van der Waals surface area (Å²) >= 11 is 0. The van der Waals surface area contributed by atoms with Crippen LogP contribution in [0.3, 0.4) is 0 Å². The van der Waals surface area contributed by atoms with Crippen molar-refractivity contribution in [3.05, 3.63) is 133 Å². The predicted molar refractivity (Wildman–Crippen MR) is 177 cm³/mol. The van der Waals surface area contributed by atoms with E-state index in [2.05, 4.69) is 50.0 Å². The van der Waals surface area contributed by atoms with Gasteiger partial charge in [-0.25, -0.2) is 9.59 Å². The number of aromatic nitrogens is 2. The number of benzene rings is 3. The third kappa shape index (κ3) is 5.99. The molecule has 0 amide bonds. The highest BCUT2D eigenvalue weighted by Gasteiger charge is 2.58. The van der Waals surface area contributed by atoms with E-state index in [0.29, 0.717) is 18.4 Å². The zero-order chi connectivity index (χ0) is 33.5. The van der Waals surface area contributed by atoms with Crippen LogP contribution in [0, 0.1) is 23.0 Å². The van der Waals surface area contributed by atoms with E-state index in [9.17, 15) is 24.5 Å². The zero-order valence-corrected chi connectivity index (χ0v) is 27.6. The highest BCUT2D eigenvalue weighted by molar-refractivity contribution is 6.99. The summed E-state index contributed by atoms with van der Waals surface area (Å²) in [5.74, 6) is -0.894. The Morgan fingerprint density at radius 2 is 1.53 bits per heavy atom. The third-order valence-corrected chi connectivity index (χ3v) is 14.4. The molecule has 2 fully saturated rings. The molecule has 1 aliphatic carbocycles. The van der Waals surface area contributed by atoms with Gasteiger partial charge in [0.1, 0.15) is 18.4 Å². The van der Waals surface area contributed by atoms with Gasteiger partial charge in [0, 0.05) is 42.7 Å². The molecule has 12 heteroatoms. The van der Waals surface area contributed by atoms with E-state index in [1.165, 1.54) is 35.0 Å². The Morgan fingerprint density at radius 3 is 2.09 bits per heavy atom. The number of nitrogens with one attached hydrogen (secondary N) is 1. The van der Waals surface area contributed by atoms with Crippen LogP contribution in [0.2, 0.25) is 5.04 Å². The maximum Gasteiger partial charge on any atom is 0.338 e. The molecule has 3 aromatic carbocycles. The number of ether oxygens (including phenoxy) is 2. The lowest BCUT2D eigenvalue weighted by Crippen LogP contribution is -2.68. The fourth-order valence-corrected chi connectivity index (χ4v) is 11.8.